The van der Waals surface area contributed by atoms with Gasteiger partial charge in [0.15, 0.2) is 12.4 Å². The number of anilines is 1. The third-order valence-electron chi connectivity index (χ3n) is 3.55. The largest absolute Gasteiger partial charge is 0.454 e. The predicted octanol–water partition coefficient (Wildman–Crippen LogP) is 1.73. The van der Waals surface area contributed by atoms with Crippen LogP contribution in [-0.2, 0) is 25.5 Å². The molecule has 0 aliphatic carbocycles. The maximum Gasteiger partial charge on any atom is 0.325 e. The Bertz CT molecular complexity index is 833. The SMILES string of the molecule is CC(=O)c1cccc(NC(=O)COC(=O)CNC(=O)Cc2ccccc2)c1. The van der Waals surface area contributed by atoms with Gasteiger partial charge < -0.3 is 15.4 Å². The fourth-order valence-corrected chi connectivity index (χ4v) is 2.22. The summed E-state index contributed by atoms with van der Waals surface area (Å²) in [6.45, 7) is 0.616. The van der Waals surface area contributed by atoms with E-state index in [0.29, 0.717) is 11.3 Å². The van der Waals surface area contributed by atoms with Crippen LogP contribution in [0.15, 0.2) is 54.6 Å². The highest BCUT2D eigenvalue weighted by Crippen LogP contribution is 2.11. The number of hydrogen-bond donors (Lipinski definition) is 2. The van der Waals surface area contributed by atoms with Crippen molar-refractivity contribution in [2.75, 3.05) is 18.5 Å². The first-order chi connectivity index (χ1) is 12.9. The first kappa shape index (κ1) is 19.8. The summed E-state index contributed by atoms with van der Waals surface area (Å²) in [6.07, 6.45) is 0.154. The van der Waals surface area contributed by atoms with Gasteiger partial charge in [-0.25, -0.2) is 0 Å². The Morgan fingerprint density at radius 2 is 1.67 bits per heavy atom. The van der Waals surface area contributed by atoms with Crippen molar-refractivity contribution < 1.29 is 23.9 Å². The molecule has 2 aromatic rings. The Morgan fingerprint density at radius 3 is 2.37 bits per heavy atom. The molecule has 0 atom stereocenters. The third-order valence-corrected chi connectivity index (χ3v) is 3.55. The molecular weight excluding hydrogens is 348 g/mol. The minimum atomic E-state index is -0.718. The van der Waals surface area contributed by atoms with E-state index < -0.39 is 18.5 Å². The van der Waals surface area contributed by atoms with Gasteiger partial charge >= 0.3 is 5.97 Å². The van der Waals surface area contributed by atoms with Crippen molar-refractivity contribution in [2.45, 2.75) is 13.3 Å². The van der Waals surface area contributed by atoms with E-state index in [-0.39, 0.29) is 24.7 Å². The second-order valence-electron chi connectivity index (χ2n) is 5.78. The summed E-state index contributed by atoms with van der Waals surface area (Å²) < 4.78 is 4.82. The molecule has 0 aliphatic rings. The Morgan fingerprint density at radius 1 is 0.926 bits per heavy atom. The molecule has 2 N–H and O–H groups in total. The standard InChI is InChI=1S/C20H20N2O5/c1-14(23)16-8-5-9-17(11-16)22-19(25)13-27-20(26)12-21-18(24)10-15-6-3-2-4-7-15/h2-9,11H,10,12-13H2,1H3,(H,21,24)(H,22,25). The Kier molecular flexibility index (Phi) is 7.25. The summed E-state index contributed by atoms with van der Waals surface area (Å²) in [5, 5.41) is 4.98. The van der Waals surface area contributed by atoms with E-state index in [1.54, 1.807) is 18.2 Å². The Hall–Kier alpha value is -3.48. The number of ether oxygens (including phenoxy) is 1. The van der Waals surface area contributed by atoms with Gasteiger partial charge in [0.2, 0.25) is 5.91 Å². The van der Waals surface area contributed by atoms with E-state index in [1.807, 2.05) is 30.3 Å². The summed E-state index contributed by atoms with van der Waals surface area (Å²) >= 11 is 0. The smallest absolute Gasteiger partial charge is 0.325 e. The molecule has 2 rings (SSSR count). The molecule has 0 radical (unpaired) electrons. The Labute approximate surface area is 156 Å². The van der Waals surface area contributed by atoms with E-state index in [0.717, 1.165) is 5.56 Å². The van der Waals surface area contributed by atoms with Gasteiger partial charge in [-0.1, -0.05) is 42.5 Å². The first-order valence-corrected chi connectivity index (χ1v) is 8.31. The molecular formula is C20H20N2O5. The fourth-order valence-electron chi connectivity index (χ4n) is 2.22. The molecule has 0 saturated heterocycles. The molecule has 0 unspecified atom stereocenters. The number of benzene rings is 2. The molecule has 0 saturated carbocycles. The van der Waals surface area contributed by atoms with Crippen LogP contribution in [0.5, 0.6) is 0 Å². The van der Waals surface area contributed by atoms with Gasteiger partial charge in [-0.3, -0.25) is 19.2 Å². The summed E-state index contributed by atoms with van der Waals surface area (Å²) in [6, 6.07) is 15.5. The number of carbonyl (C=O) groups is 4. The lowest BCUT2D eigenvalue weighted by molar-refractivity contribution is -0.147. The van der Waals surface area contributed by atoms with Gasteiger partial charge in [0.05, 0.1) is 6.42 Å². The van der Waals surface area contributed by atoms with Crippen LogP contribution >= 0.6 is 0 Å². The molecule has 2 aromatic carbocycles. The van der Waals surface area contributed by atoms with Crippen molar-refractivity contribution in [3.05, 3.63) is 65.7 Å². The molecule has 0 aromatic heterocycles. The van der Waals surface area contributed by atoms with Crippen LogP contribution in [0.1, 0.15) is 22.8 Å². The van der Waals surface area contributed by atoms with Crippen LogP contribution in [-0.4, -0.2) is 36.7 Å². The molecule has 7 nitrogen and oxygen atoms in total. The van der Waals surface area contributed by atoms with E-state index in [4.69, 9.17) is 4.74 Å². The van der Waals surface area contributed by atoms with Crippen LogP contribution in [0.4, 0.5) is 5.69 Å². The average Bonchev–Trinajstić information content (AvgIpc) is 2.65. The van der Waals surface area contributed by atoms with Gasteiger partial charge in [0, 0.05) is 11.3 Å². The van der Waals surface area contributed by atoms with Gasteiger partial charge in [-0.15, -0.1) is 0 Å². The highest BCUT2D eigenvalue weighted by atomic mass is 16.5. The molecule has 7 heteroatoms. The summed E-state index contributed by atoms with van der Waals surface area (Å²) in [5.41, 5.74) is 1.72. The van der Waals surface area contributed by atoms with Crippen molar-refractivity contribution in [1.29, 1.82) is 0 Å². The second kappa shape index (κ2) is 9.86. The summed E-state index contributed by atoms with van der Waals surface area (Å²) in [7, 11) is 0. The van der Waals surface area contributed by atoms with Crippen LogP contribution in [0, 0.1) is 0 Å². The maximum atomic E-state index is 11.8. The van der Waals surface area contributed by atoms with Crippen LogP contribution in [0.3, 0.4) is 0 Å². The molecule has 0 fully saturated rings. The number of ketones is 1. The zero-order valence-corrected chi connectivity index (χ0v) is 14.9. The normalized spacial score (nSPS) is 9.96. The highest BCUT2D eigenvalue weighted by molar-refractivity contribution is 5.97. The number of nitrogens with one attached hydrogen (secondary N) is 2. The van der Waals surface area contributed by atoms with E-state index in [9.17, 15) is 19.2 Å². The third kappa shape index (κ3) is 7.11. The average molecular weight is 368 g/mol. The predicted molar refractivity (Wildman–Crippen MR) is 99.2 cm³/mol. The highest BCUT2D eigenvalue weighted by Gasteiger charge is 2.10. The number of amides is 2. The molecule has 0 aliphatic heterocycles. The number of rotatable bonds is 8. The lowest BCUT2D eigenvalue weighted by atomic mass is 10.1. The second-order valence-corrected chi connectivity index (χ2v) is 5.78. The zero-order chi connectivity index (χ0) is 19.6. The van der Waals surface area contributed by atoms with Crippen molar-refractivity contribution >= 4 is 29.3 Å². The molecule has 2 amide bonds. The topological polar surface area (TPSA) is 102 Å². The lowest BCUT2D eigenvalue weighted by Gasteiger charge is -2.08. The number of Topliss-reactive ketones (excluding diaryl/α,β-unsaturated/α-hetero) is 1. The van der Waals surface area contributed by atoms with E-state index in [1.165, 1.54) is 13.0 Å². The fraction of sp³-hybridized carbons (Fsp3) is 0.200. The van der Waals surface area contributed by atoms with Crippen LogP contribution < -0.4 is 10.6 Å². The zero-order valence-electron chi connectivity index (χ0n) is 14.9. The Balaban J connectivity index is 1.70. The van der Waals surface area contributed by atoms with Crippen molar-refractivity contribution in [3.63, 3.8) is 0 Å². The van der Waals surface area contributed by atoms with Crippen LogP contribution in [0.25, 0.3) is 0 Å². The summed E-state index contributed by atoms with van der Waals surface area (Å²) in [5.74, 6) is -1.70. The lowest BCUT2D eigenvalue weighted by Crippen LogP contribution is -2.33. The van der Waals surface area contributed by atoms with Gasteiger partial charge in [-0.2, -0.15) is 0 Å². The molecule has 0 spiro atoms. The van der Waals surface area contributed by atoms with E-state index >= 15 is 0 Å². The van der Waals surface area contributed by atoms with Crippen molar-refractivity contribution in [3.8, 4) is 0 Å². The van der Waals surface area contributed by atoms with E-state index in [2.05, 4.69) is 10.6 Å². The molecule has 27 heavy (non-hydrogen) atoms. The van der Waals surface area contributed by atoms with Gasteiger partial charge in [0.25, 0.3) is 5.91 Å². The van der Waals surface area contributed by atoms with Crippen LogP contribution in [0.2, 0.25) is 0 Å². The van der Waals surface area contributed by atoms with Crippen molar-refractivity contribution in [1.82, 2.24) is 5.32 Å². The number of carbonyl (C=O) groups excluding carboxylic acids is 4. The van der Waals surface area contributed by atoms with Gasteiger partial charge in [-0.05, 0) is 24.6 Å². The minimum absolute atomic E-state index is 0.122. The molecule has 0 bridgehead atoms. The quantitative estimate of drug-likeness (QED) is 0.546. The van der Waals surface area contributed by atoms with Crippen molar-refractivity contribution in [2.24, 2.45) is 0 Å². The van der Waals surface area contributed by atoms with Gasteiger partial charge in [0.1, 0.15) is 6.54 Å². The minimum Gasteiger partial charge on any atom is -0.454 e. The molecule has 140 valence electrons. The number of hydrogen-bond acceptors (Lipinski definition) is 5. The monoisotopic (exact) mass is 368 g/mol. The molecule has 0 heterocycles. The first-order valence-electron chi connectivity index (χ1n) is 8.31. The number of esters is 1. The maximum absolute atomic E-state index is 11.8. The summed E-state index contributed by atoms with van der Waals surface area (Å²) in [4.78, 5) is 46.5.